The zero-order chi connectivity index (χ0) is 39.6. The van der Waals surface area contributed by atoms with Crippen LogP contribution in [0, 0.1) is 0 Å². The number of allylic oxidation sites excluding steroid dienone is 14. The van der Waals surface area contributed by atoms with Gasteiger partial charge in [-0.2, -0.15) is 0 Å². The minimum absolute atomic E-state index is 0.0348. The van der Waals surface area contributed by atoms with Gasteiger partial charge in [-0.25, -0.2) is 4.57 Å². The smallest absolute Gasteiger partial charge is 0.462 e. The zero-order valence-electron chi connectivity index (χ0n) is 33.9. The molecule has 2 atom stereocenters. The molecule has 0 aromatic rings. The predicted molar refractivity (Wildman–Crippen MR) is 224 cm³/mol. The highest BCUT2D eigenvalue weighted by Crippen LogP contribution is 2.43. The maximum atomic E-state index is 12.6. The molecule has 0 radical (unpaired) electrons. The molecule has 0 spiro atoms. The third-order valence-corrected chi connectivity index (χ3v) is 8.98. The Bertz CT molecular complexity index is 1160. The van der Waals surface area contributed by atoms with Crippen molar-refractivity contribution in [2.45, 2.75) is 148 Å². The molecule has 0 amide bonds. The molecule has 0 heterocycles. The molecule has 0 aromatic heterocycles. The summed E-state index contributed by atoms with van der Waals surface area (Å²) in [5.74, 6) is -0.902. The summed E-state index contributed by atoms with van der Waals surface area (Å²) in [4.78, 5) is 35.0. The number of unbranched alkanes of at least 4 members (excludes halogenated alkanes) is 9. The van der Waals surface area contributed by atoms with Gasteiger partial charge in [0.2, 0.25) is 0 Å². The Morgan fingerprint density at radius 1 is 0.593 bits per heavy atom. The molecule has 0 saturated carbocycles. The van der Waals surface area contributed by atoms with E-state index < -0.39 is 32.5 Å². The number of rotatable bonds is 37. The zero-order valence-corrected chi connectivity index (χ0v) is 34.8. The highest BCUT2D eigenvalue weighted by atomic mass is 31.2. The quantitative estimate of drug-likeness (QED) is 0.0275. The summed E-state index contributed by atoms with van der Waals surface area (Å²) >= 11 is 0. The number of esters is 2. The Morgan fingerprint density at radius 3 is 1.63 bits per heavy atom. The van der Waals surface area contributed by atoms with Gasteiger partial charge < -0.3 is 19.7 Å². The Balaban J connectivity index is 4.41. The number of hydrogen-bond donors (Lipinski definition) is 2. The standard InChI is InChI=1S/C44H74NO8P/c1-4-6-8-10-12-14-16-18-20-21-23-25-27-29-31-33-35-37-44(47)53-42(41-52-54(48,49)51-39-38-45-3)40-50-43(46)36-34-32-30-28-26-24-22-19-17-15-13-11-9-7-5-2/h7,9,12-15,18-20,22-23,25,29,31,42,45H,4-6,8,10-11,16-17,21,24,26-28,30,32-41H2,1-3H3,(H,48,49)/b9-7-,14-12-,15-13-,20-18-,22-19-,25-23-,31-29-. The molecule has 54 heavy (non-hydrogen) atoms. The first kappa shape index (κ1) is 51.2. The summed E-state index contributed by atoms with van der Waals surface area (Å²) in [5.41, 5.74) is 0. The van der Waals surface area contributed by atoms with Crippen LogP contribution in [0.15, 0.2) is 85.1 Å². The molecule has 0 fully saturated rings. The lowest BCUT2D eigenvalue weighted by atomic mass is 10.1. The van der Waals surface area contributed by atoms with Crippen LogP contribution in [0.1, 0.15) is 142 Å². The van der Waals surface area contributed by atoms with Crippen molar-refractivity contribution in [2.75, 3.05) is 33.4 Å². The van der Waals surface area contributed by atoms with E-state index in [1.54, 1.807) is 7.05 Å². The topological polar surface area (TPSA) is 120 Å². The van der Waals surface area contributed by atoms with Gasteiger partial charge in [0, 0.05) is 19.4 Å². The van der Waals surface area contributed by atoms with Crippen molar-refractivity contribution >= 4 is 19.8 Å². The first-order valence-corrected chi connectivity index (χ1v) is 22.0. The molecular weight excluding hydrogens is 701 g/mol. The van der Waals surface area contributed by atoms with Gasteiger partial charge in [-0.15, -0.1) is 0 Å². The van der Waals surface area contributed by atoms with Crippen LogP contribution in [0.5, 0.6) is 0 Å². The van der Waals surface area contributed by atoms with Crippen molar-refractivity contribution in [3.63, 3.8) is 0 Å². The van der Waals surface area contributed by atoms with Crippen LogP contribution in [0.4, 0.5) is 0 Å². The van der Waals surface area contributed by atoms with E-state index in [4.69, 9.17) is 18.5 Å². The Kier molecular flexibility index (Phi) is 37.8. The Hall–Kier alpha value is -2.81. The average Bonchev–Trinajstić information content (AvgIpc) is 3.15. The fourth-order valence-electron chi connectivity index (χ4n) is 4.91. The number of carbonyl (C=O) groups is 2. The molecule has 0 aliphatic carbocycles. The second-order valence-electron chi connectivity index (χ2n) is 13.1. The first-order chi connectivity index (χ1) is 26.3. The number of nitrogens with one attached hydrogen (secondary N) is 1. The molecule has 10 heteroatoms. The van der Waals surface area contributed by atoms with Gasteiger partial charge in [0.15, 0.2) is 6.10 Å². The first-order valence-electron chi connectivity index (χ1n) is 20.5. The summed E-state index contributed by atoms with van der Waals surface area (Å²) in [6.45, 7) is 3.97. The van der Waals surface area contributed by atoms with Crippen LogP contribution in [0.2, 0.25) is 0 Å². The van der Waals surface area contributed by atoms with E-state index in [1.807, 2.05) is 6.08 Å². The van der Waals surface area contributed by atoms with E-state index in [1.165, 1.54) is 25.7 Å². The molecule has 0 aliphatic rings. The normalized spacial score (nSPS) is 14.2. The minimum Gasteiger partial charge on any atom is -0.462 e. The van der Waals surface area contributed by atoms with Crippen LogP contribution in [-0.4, -0.2) is 56.3 Å². The lowest BCUT2D eigenvalue weighted by Crippen LogP contribution is -2.29. The second kappa shape index (κ2) is 39.9. The number of phosphoric ester groups is 1. The average molecular weight is 776 g/mol. The third kappa shape index (κ3) is 38.9. The van der Waals surface area contributed by atoms with Crippen molar-refractivity contribution in [3.05, 3.63) is 85.1 Å². The summed E-state index contributed by atoms with van der Waals surface area (Å²) in [6, 6.07) is 0. The molecular formula is C44H74NO8P. The van der Waals surface area contributed by atoms with E-state index in [-0.39, 0.29) is 26.1 Å². The molecule has 0 bridgehead atoms. The van der Waals surface area contributed by atoms with Crippen LogP contribution in [0.25, 0.3) is 0 Å². The minimum atomic E-state index is -4.37. The van der Waals surface area contributed by atoms with Gasteiger partial charge in [0.25, 0.3) is 0 Å². The summed E-state index contributed by atoms with van der Waals surface area (Å²) in [7, 11) is -2.68. The van der Waals surface area contributed by atoms with Crippen molar-refractivity contribution in [2.24, 2.45) is 0 Å². The molecule has 0 aliphatic heterocycles. The van der Waals surface area contributed by atoms with E-state index in [0.29, 0.717) is 25.8 Å². The lowest BCUT2D eigenvalue weighted by molar-refractivity contribution is -0.161. The van der Waals surface area contributed by atoms with Crippen molar-refractivity contribution in [1.29, 1.82) is 0 Å². The summed E-state index contributed by atoms with van der Waals surface area (Å²) in [5, 5.41) is 2.81. The van der Waals surface area contributed by atoms with Crippen molar-refractivity contribution < 1.29 is 37.6 Å². The van der Waals surface area contributed by atoms with Gasteiger partial charge in [0.05, 0.1) is 13.2 Å². The fraction of sp³-hybridized carbons (Fsp3) is 0.636. The van der Waals surface area contributed by atoms with Crippen molar-refractivity contribution in [3.8, 4) is 0 Å². The highest BCUT2D eigenvalue weighted by molar-refractivity contribution is 7.47. The summed E-state index contributed by atoms with van der Waals surface area (Å²) in [6.07, 6.45) is 47.8. The van der Waals surface area contributed by atoms with Crippen LogP contribution >= 0.6 is 7.82 Å². The number of carbonyl (C=O) groups excluding carboxylic acids is 2. The van der Waals surface area contributed by atoms with Gasteiger partial charge in [-0.05, 0) is 90.5 Å². The maximum absolute atomic E-state index is 12.6. The van der Waals surface area contributed by atoms with Gasteiger partial charge >= 0.3 is 19.8 Å². The molecule has 9 nitrogen and oxygen atoms in total. The monoisotopic (exact) mass is 776 g/mol. The molecule has 0 saturated heterocycles. The number of likely N-dealkylation sites (N-methyl/N-ethyl adjacent to an activating group) is 1. The van der Waals surface area contributed by atoms with Gasteiger partial charge in [0.1, 0.15) is 6.61 Å². The van der Waals surface area contributed by atoms with E-state index >= 15 is 0 Å². The second-order valence-corrected chi connectivity index (χ2v) is 14.5. The number of phosphoric acid groups is 1. The van der Waals surface area contributed by atoms with Crippen LogP contribution in [-0.2, 0) is 32.7 Å². The Morgan fingerprint density at radius 2 is 1.07 bits per heavy atom. The van der Waals surface area contributed by atoms with E-state index in [0.717, 1.165) is 70.6 Å². The maximum Gasteiger partial charge on any atom is 0.472 e. The SMILES string of the molecule is CC/C=C\C/C=C\C/C=C\CCCCCCCC(=O)OCC(COP(=O)(O)OCCNC)OC(=O)CCC/C=C\C/C=C\C/C=C\C/C=C\CCCCC. The third-order valence-electron chi connectivity index (χ3n) is 8.00. The largest absolute Gasteiger partial charge is 0.472 e. The fourth-order valence-corrected chi connectivity index (χ4v) is 5.66. The molecule has 2 unspecified atom stereocenters. The molecule has 0 aromatic carbocycles. The highest BCUT2D eigenvalue weighted by Gasteiger charge is 2.26. The molecule has 308 valence electrons. The number of ether oxygens (including phenoxy) is 2. The van der Waals surface area contributed by atoms with Gasteiger partial charge in [-0.1, -0.05) is 131 Å². The molecule has 0 rings (SSSR count). The number of hydrogen-bond acceptors (Lipinski definition) is 8. The lowest BCUT2D eigenvalue weighted by Gasteiger charge is -2.20. The van der Waals surface area contributed by atoms with E-state index in [2.05, 4.69) is 98.2 Å². The Labute approximate surface area is 328 Å². The van der Waals surface area contributed by atoms with Crippen LogP contribution in [0.3, 0.4) is 0 Å². The predicted octanol–water partition coefficient (Wildman–Crippen LogP) is 11.5. The molecule has 2 N–H and O–H groups in total. The van der Waals surface area contributed by atoms with E-state index in [9.17, 15) is 19.0 Å². The summed E-state index contributed by atoms with van der Waals surface area (Å²) < 4.78 is 33.1. The van der Waals surface area contributed by atoms with Crippen molar-refractivity contribution in [1.82, 2.24) is 5.32 Å². The van der Waals surface area contributed by atoms with Gasteiger partial charge in [-0.3, -0.25) is 18.6 Å². The van der Waals surface area contributed by atoms with Crippen LogP contribution < -0.4 is 5.32 Å².